The van der Waals surface area contributed by atoms with Crippen LogP contribution in [0.1, 0.15) is 33.8 Å². The molecule has 0 radical (unpaired) electrons. The van der Waals surface area contributed by atoms with Gasteiger partial charge in [-0.2, -0.15) is 0 Å². The number of hydrogen-bond donors (Lipinski definition) is 1. The molecule has 0 saturated carbocycles. The van der Waals surface area contributed by atoms with Gasteiger partial charge in [-0.15, -0.1) is 0 Å². The minimum absolute atomic E-state index is 0.0608. The van der Waals surface area contributed by atoms with Crippen LogP contribution < -0.4 is 5.56 Å². The summed E-state index contributed by atoms with van der Waals surface area (Å²) < 4.78 is 6.62. The molecule has 6 nitrogen and oxygen atoms in total. The number of carbonyl (C=O) groups is 1. The smallest absolute Gasteiger partial charge is 0.337 e. The van der Waals surface area contributed by atoms with Gasteiger partial charge in [0.05, 0.1) is 17.5 Å². The van der Waals surface area contributed by atoms with Crippen LogP contribution in [0.25, 0.3) is 17.3 Å². The highest BCUT2D eigenvalue weighted by molar-refractivity contribution is 5.88. The molecule has 0 spiro atoms. The number of carboxylic acids is 1. The van der Waals surface area contributed by atoms with E-state index in [0.29, 0.717) is 29.7 Å². The largest absolute Gasteiger partial charge is 0.478 e. The molecule has 0 aromatic carbocycles. The highest BCUT2D eigenvalue weighted by Gasteiger charge is 2.23. The second-order valence-corrected chi connectivity index (χ2v) is 5.38. The first kappa shape index (κ1) is 13.5. The fraction of sp³-hybridized carbons (Fsp3) is 0.118. The Hall–Kier alpha value is -3.15. The molecule has 3 heterocycles. The van der Waals surface area contributed by atoms with E-state index in [4.69, 9.17) is 9.52 Å². The van der Waals surface area contributed by atoms with Crippen LogP contribution in [0.2, 0.25) is 0 Å². The molecule has 0 bridgehead atoms. The van der Waals surface area contributed by atoms with Crippen LogP contribution >= 0.6 is 0 Å². The number of hydrogen-bond acceptors (Lipinski definition) is 4. The zero-order chi connectivity index (χ0) is 16.0. The second-order valence-electron chi connectivity index (χ2n) is 5.38. The lowest BCUT2D eigenvalue weighted by atomic mass is 10.1. The van der Waals surface area contributed by atoms with Gasteiger partial charge in [0.25, 0.3) is 5.56 Å². The van der Waals surface area contributed by atoms with Gasteiger partial charge < -0.3 is 9.52 Å². The lowest BCUT2D eigenvalue weighted by molar-refractivity contribution is 0.0696. The Morgan fingerprint density at radius 3 is 2.91 bits per heavy atom. The first-order valence-electron chi connectivity index (χ1n) is 7.16. The van der Waals surface area contributed by atoms with Gasteiger partial charge in [-0.05, 0) is 48.8 Å². The van der Waals surface area contributed by atoms with Crippen molar-refractivity contribution in [2.75, 3.05) is 0 Å². The van der Waals surface area contributed by atoms with Crippen molar-refractivity contribution in [3.63, 3.8) is 0 Å². The minimum Gasteiger partial charge on any atom is -0.478 e. The van der Waals surface area contributed by atoms with Crippen molar-refractivity contribution in [2.45, 2.75) is 12.8 Å². The molecule has 1 N–H and O–H groups in total. The van der Waals surface area contributed by atoms with Gasteiger partial charge in [0, 0.05) is 11.8 Å². The molecule has 0 unspecified atom stereocenters. The number of nitrogens with zero attached hydrogens (tertiary/aromatic N) is 2. The highest BCUT2D eigenvalue weighted by Crippen LogP contribution is 2.30. The maximum atomic E-state index is 12.6. The molecular formula is C17H12N2O4. The standard InChI is InChI=1S/C17H12N2O4/c20-16-13-5-3-10(8-12-2-1-7-23-12)15(13)18-14-6-4-11(17(21)22)9-19(14)16/h1-2,4,6-9H,3,5H2,(H,21,22)/b10-8-. The van der Waals surface area contributed by atoms with Gasteiger partial charge in [-0.1, -0.05) is 0 Å². The highest BCUT2D eigenvalue weighted by atomic mass is 16.4. The van der Waals surface area contributed by atoms with E-state index in [2.05, 4.69) is 4.98 Å². The van der Waals surface area contributed by atoms with Gasteiger partial charge in [-0.3, -0.25) is 9.20 Å². The molecule has 3 aromatic rings. The van der Waals surface area contributed by atoms with E-state index in [9.17, 15) is 9.59 Å². The first-order valence-corrected chi connectivity index (χ1v) is 7.16. The number of aromatic carboxylic acids is 1. The molecule has 0 aliphatic heterocycles. The van der Waals surface area contributed by atoms with E-state index < -0.39 is 5.97 Å². The Balaban J connectivity index is 1.92. The van der Waals surface area contributed by atoms with Gasteiger partial charge in [0.2, 0.25) is 0 Å². The molecule has 1 aliphatic rings. The average Bonchev–Trinajstić information content (AvgIpc) is 3.18. The summed E-state index contributed by atoms with van der Waals surface area (Å²) in [6.07, 6.45) is 6.11. The quantitative estimate of drug-likeness (QED) is 0.786. The zero-order valence-corrected chi connectivity index (χ0v) is 12.0. The number of aromatic nitrogens is 2. The van der Waals surface area contributed by atoms with Crippen LogP contribution in [-0.2, 0) is 6.42 Å². The van der Waals surface area contributed by atoms with Gasteiger partial charge in [0.15, 0.2) is 0 Å². The number of pyridine rings is 1. The van der Waals surface area contributed by atoms with E-state index in [-0.39, 0.29) is 11.1 Å². The first-order chi connectivity index (χ1) is 11.1. The summed E-state index contributed by atoms with van der Waals surface area (Å²) in [5, 5.41) is 9.06. The van der Waals surface area contributed by atoms with Crippen LogP contribution in [0.4, 0.5) is 0 Å². The third kappa shape index (κ3) is 2.15. The lowest BCUT2D eigenvalue weighted by Crippen LogP contribution is -2.20. The normalized spacial score (nSPS) is 15.2. The van der Waals surface area contributed by atoms with E-state index in [0.717, 1.165) is 11.3 Å². The summed E-state index contributed by atoms with van der Waals surface area (Å²) in [5.74, 6) is -0.353. The predicted octanol–water partition coefficient (Wildman–Crippen LogP) is 2.47. The minimum atomic E-state index is -1.07. The molecule has 6 heteroatoms. The van der Waals surface area contributed by atoms with Crippen molar-refractivity contribution in [1.82, 2.24) is 9.38 Å². The Morgan fingerprint density at radius 2 is 2.17 bits per heavy atom. The lowest BCUT2D eigenvalue weighted by Gasteiger charge is -2.06. The van der Waals surface area contributed by atoms with E-state index >= 15 is 0 Å². The average molecular weight is 308 g/mol. The number of fused-ring (bicyclic) bond motifs is 2. The van der Waals surface area contributed by atoms with Crippen molar-refractivity contribution in [1.29, 1.82) is 0 Å². The Labute approximate surface area is 130 Å². The van der Waals surface area contributed by atoms with Crippen LogP contribution in [0, 0.1) is 0 Å². The topological polar surface area (TPSA) is 84.8 Å². The fourth-order valence-corrected chi connectivity index (χ4v) is 2.86. The maximum Gasteiger partial charge on any atom is 0.337 e. The number of allylic oxidation sites excluding steroid dienone is 1. The summed E-state index contributed by atoms with van der Waals surface area (Å²) in [6, 6.07) is 6.64. The van der Waals surface area contributed by atoms with E-state index in [1.807, 2.05) is 12.1 Å². The molecule has 23 heavy (non-hydrogen) atoms. The fourth-order valence-electron chi connectivity index (χ4n) is 2.86. The van der Waals surface area contributed by atoms with Crippen LogP contribution in [-0.4, -0.2) is 20.5 Å². The number of carboxylic acid groups (broad SMARTS) is 1. The van der Waals surface area contributed by atoms with Crippen molar-refractivity contribution >= 4 is 23.3 Å². The third-order valence-corrected chi connectivity index (χ3v) is 3.97. The molecule has 0 amide bonds. The number of rotatable bonds is 2. The SMILES string of the molecule is O=C(O)c1ccc2nc3c(c(=O)n2c1)CC/C3=C/c1ccco1. The summed E-state index contributed by atoms with van der Waals surface area (Å²) >= 11 is 0. The summed E-state index contributed by atoms with van der Waals surface area (Å²) in [5.41, 5.74) is 2.53. The molecular weight excluding hydrogens is 296 g/mol. The van der Waals surface area contributed by atoms with Gasteiger partial charge in [-0.25, -0.2) is 9.78 Å². The Morgan fingerprint density at radius 1 is 1.30 bits per heavy atom. The summed E-state index contributed by atoms with van der Waals surface area (Å²) in [6.45, 7) is 0. The van der Waals surface area contributed by atoms with Gasteiger partial charge >= 0.3 is 5.97 Å². The second kappa shape index (κ2) is 4.95. The monoisotopic (exact) mass is 308 g/mol. The predicted molar refractivity (Wildman–Crippen MR) is 83.3 cm³/mol. The van der Waals surface area contributed by atoms with Gasteiger partial charge in [0.1, 0.15) is 11.4 Å². The molecule has 114 valence electrons. The molecule has 4 rings (SSSR count). The van der Waals surface area contributed by atoms with E-state index in [1.54, 1.807) is 18.4 Å². The summed E-state index contributed by atoms with van der Waals surface area (Å²) in [7, 11) is 0. The van der Waals surface area contributed by atoms with Crippen LogP contribution in [0.3, 0.4) is 0 Å². The third-order valence-electron chi connectivity index (χ3n) is 3.97. The Kier molecular flexibility index (Phi) is 2.90. The van der Waals surface area contributed by atoms with Crippen LogP contribution in [0.5, 0.6) is 0 Å². The molecule has 0 fully saturated rings. The number of furan rings is 1. The molecule has 3 aromatic heterocycles. The van der Waals surface area contributed by atoms with Crippen molar-refractivity contribution in [3.8, 4) is 0 Å². The zero-order valence-electron chi connectivity index (χ0n) is 12.0. The van der Waals surface area contributed by atoms with E-state index in [1.165, 1.54) is 16.7 Å². The summed E-state index contributed by atoms with van der Waals surface area (Å²) in [4.78, 5) is 28.2. The van der Waals surface area contributed by atoms with Crippen molar-refractivity contribution < 1.29 is 14.3 Å². The molecule has 0 saturated heterocycles. The molecule has 0 atom stereocenters. The Bertz CT molecular complexity index is 1010. The maximum absolute atomic E-state index is 12.6. The van der Waals surface area contributed by atoms with Crippen molar-refractivity contribution in [2.24, 2.45) is 0 Å². The van der Waals surface area contributed by atoms with Crippen LogP contribution in [0.15, 0.2) is 45.9 Å². The molecule has 1 aliphatic carbocycles. The van der Waals surface area contributed by atoms with Crippen molar-refractivity contribution in [3.05, 3.63) is 69.7 Å².